The van der Waals surface area contributed by atoms with Crippen molar-refractivity contribution in [1.82, 2.24) is 14.7 Å². The summed E-state index contributed by atoms with van der Waals surface area (Å²) in [6, 6.07) is 1.87. The van der Waals surface area contributed by atoms with E-state index >= 15 is 0 Å². The third-order valence-electron chi connectivity index (χ3n) is 3.09. The molecule has 2 rings (SSSR count). The molecule has 1 aliphatic rings. The first-order chi connectivity index (χ1) is 8.27. The number of likely N-dealkylation sites (tertiary alicyclic amines) is 1. The molecular weight excluding hydrogens is 278 g/mol. The van der Waals surface area contributed by atoms with E-state index in [9.17, 15) is 13.2 Å². The average molecular weight is 292 g/mol. The summed E-state index contributed by atoms with van der Waals surface area (Å²) in [6.07, 6.45) is -0.0440. The molecule has 1 fully saturated rings. The molecule has 2 heterocycles. The lowest BCUT2D eigenvalue weighted by atomic mass is 10.3. The summed E-state index contributed by atoms with van der Waals surface area (Å²) in [7, 11) is 3.41. The Bertz CT molecular complexity index is 562. The molecule has 1 saturated heterocycles. The van der Waals surface area contributed by atoms with Gasteiger partial charge in [0.25, 0.3) is 0 Å². The van der Waals surface area contributed by atoms with Crippen molar-refractivity contribution in [2.24, 2.45) is 7.05 Å². The predicted molar refractivity (Wildman–Crippen MR) is 66.5 cm³/mol. The number of hydrogen-bond acceptors (Lipinski definition) is 4. The molecule has 0 aromatic carbocycles. The number of aryl methyl sites for hydroxylation is 2. The maximum atomic E-state index is 11.7. The largest absolute Gasteiger partial charge is 0.335 e. The fourth-order valence-electron chi connectivity index (χ4n) is 1.99. The van der Waals surface area contributed by atoms with Crippen molar-refractivity contribution in [3.05, 3.63) is 17.5 Å². The average Bonchev–Trinajstić information content (AvgIpc) is 2.72. The number of nitrogens with zero attached hydrogens (tertiary/aromatic N) is 3. The molecule has 6 nitrogen and oxygen atoms in total. The molecule has 0 N–H and O–H groups in total. The zero-order valence-corrected chi connectivity index (χ0v) is 11.7. The lowest BCUT2D eigenvalue weighted by Crippen LogP contribution is -2.26. The summed E-state index contributed by atoms with van der Waals surface area (Å²) in [4.78, 5) is 13.2. The Labute approximate surface area is 110 Å². The van der Waals surface area contributed by atoms with Gasteiger partial charge in [0.15, 0.2) is 0 Å². The second-order valence-corrected chi connectivity index (χ2v) is 7.38. The highest BCUT2D eigenvalue weighted by Gasteiger charge is 2.37. The summed E-state index contributed by atoms with van der Waals surface area (Å²) < 4.78 is 24.1. The monoisotopic (exact) mass is 291 g/mol. The second-order valence-electron chi connectivity index (χ2n) is 4.48. The zero-order valence-electron chi connectivity index (χ0n) is 10.1. The standard InChI is InChI=1S/C10H14ClN3O3S/c1-7-3-8(12-13(7)2)5-14-6-9(4-10(14)15)18(11,16)17/h3,9H,4-6H2,1-2H3. The highest BCUT2D eigenvalue weighted by atomic mass is 35.7. The van der Waals surface area contributed by atoms with Crippen molar-refractivity contribution in [1.29, 1.82) is 0 Å². The normalized spacial score (nSPS) is 20.7. The van der Waals surface area contributed by atoms with Crippen molar-refractivity contribution in [2.45, 2.75) is 25.1 Å². The van der Waals surface area contributed by atoms with E-state index in [-0.39, 0.29) is 18.9 Å². The van der Waals surface area contributed by atoms with Crippen LogP contribution >= 0.6 is 10.7 Å². The Morgan fingerprint density at radius 2 is 2.22 bits per heavy atom. The summed E-state index contributed by atoms with van der Waals surface area (Å²) in [6.45, 7) is 2.37. The van der Waals surface area contributed by atoms with E-state index in [1.807, 2.05) is 20.0 Å². The molecule has 0 radical (unpaired) electrons. The first kappa shape index (κ1) is 13.4. The van der Waals surface area contributed by atoms with Crippen molar-refractivity contribution in [3.8, 4) is 0 Å². The van der Waals surface area contributed by atoms with Gasteiger partial charge in [0.05, 0.1) is 12.2 Å². The van der Waals surface area contributed by atoms with Crippen LogP contribution in [0.3, 0.4) is 0 Å². The van der Waals surface area contributed by atoms with Gasteiger partial charge in [0.1, 0.15) is 5.25 Å². The van der Waals surface area contributed by atoms with Crippen LogP contribution in [0.4, 0.5) is 0 Å². The third-order valence-corrected chi connectivity index (χ3v) is 4.96. The maximum Gasteiger partial charge on any atom is 0.237 e. The number of carbonyl (C=O) groups is 1. The highest BCUT2D eigenvalue weighted by Crippen LogP contribution is 2.22. The van der Waals surface area contributed by atoms with Gasteiger partial charge in [-0.25, -0.2) is 8.42 Å². The Hall–Kier alpha value is -1.08. The Kier molecular flexibility index (Phi) is 3.37. The number of halogens is 1. The van der Waals surface area contributed by atoms with Gasteiger partial charge < -0.3 is 4.90 Å². The molecule has 1 amide bonds. The van der Waals surface area contributed by atoms with Gasteiger partial charge in [0, 0.05) is 36.4 Å². The molecule has 100 valence electrons. The van der Waals surface area contributed by atoms with Crippen molar-refractivity contribution in [3.63, 3.8) is 0 Å². The number of aromatic nitrogens is 2. The predicted octanol–water partition coefficient (Wildman–Crippen LogP) is 0.398. The quantitative estimate of drug-likeness (QED) is 0.756. The van der Waals surface area contributed by atoms with E-state index in [0.29, 0.717) is 6.54 Å². The Balaban J connectivity index is 2.09. The van der Waals surface area contributed by atoms with Crippen LogP contribution in [0.5, 0.6) is 0 Å². The van der Waals surface area contributed by atoms with E-state index < -0.39 is 14.3 Å². The second kappa shape index (κ2) is 4.55. The van der Waals surface area contributed by atoms with Crippen LogP contribution < -0.4 is 0 Å². The van der Waals surface area contributed by atoms with E-state index in [1.54, 1.807) is 4.68 Å². The molecule has 0 spiro atoms. The molecule has 8 heteroatoms. The molecule has 0 saturated carbocycles. The van der Waals surface area contributed by atoms with Crippen LogP contribution in [0.15, 0.2) is 6.07 Å². The first-order valence-corrected chi connectivity index (χ1v) is 7.85. The van der Waals surface area contributed by atoms with E-state index in [0.717, 1.165) is 11.4 Å². The molecule has 1 atom stereocenters. The third kappa shape index (κ3) is 2.67. The van der Waals surface area contributed by atoms with Crippen LogP contribution in [0.2, 0.25) is 0 Å². The molecule has 1 aromatic heterocycles. The van der Waals surface area contributed by atoms with Gasteiger partial charge in [-0.1, -0.05) is 0 Å². The number of carbonyl (C=O) groups excluding carboxylic acids is 1. The van der Waals surface area contributed by atoms with E-state index in [1.165, 1.54) is 4.90 Å². The Morgan fingerprint density at radius 3 is 2.67 bits per heavy atom. The Morgan fingerprint density at radius 1 is 1.56 bits per heavy atom. The van der Waals surface area contributed by atoms with Gasteiger partial charge in [-0.2, -0.15) is 5.10 Å². The smallest absolute Gasteiger partial charge is 0.237 e. The van der Waals surface area contributed by atoms with E-state index in [2.05, 4.69) is 5.10 Å². The molecule has 0 bridgehead atoms. The lowest BCUT2D eigenvalue weighted by Gasteiger charge is -2.14. The minimum absolute atomic E-state index is 0.0440. The highest BCUT2D eigenvalue weighted by molar-refractivity contribution is 8.14. The maximum absolute atomic E-state index is 11.7. The molecular formula is C10H14ClN3O3S. The molecule has 1 aromatic rings. The fraction of sp³-hybridized carbons (Fsp3) is 0.600. The van der Waals surface area contributed by atoms with Crippen molar-refractivity contribution in [2.75, 3.05) is 6.54 Å². The van der Waals surface area contributed by atoms with Crippen molar-refractivity contribution < 1.29 is 13.2 Å². The number of rotatable bonds is 3. The van der Waals surface area contributed by atoms with Gasteiger partial charge >= 0.3 is 0 Å². The van der Waals surface area contributed by atoms with Crippen LogP contribution in [-0.4, -0.2) is 40.8 Å². The van der Waals surface area contributed by atoms with Gasteiger partial charge in [0.2, 0.25) is 15.0 Å². The molecule has 1 unspecified atom stereocenters. The first-order valence-electron chi connectivity index (χ1n) is 5.48. The number of hydrogen-bond donors (Lipinski definition) is 0. The van der Waals surface area contributed by atoms with Crippen LogP contribution in [0.1, 0.15) is 17.8 Å². The molecule has 18 heavy (non-hydrogen) atoms. The van der Waals surface area contributed by atoms with E-state index in [4.69, 9.17) is 10.7 Å². The summed E-state index contributed by atoms with van der Waals surface area (Å²) in [5.74, 6) is -0.201. The van der Waals surface area contributed by atoms with Crippen molar-refractivity contribution >= 4 is 25.6 Å². The fourth-order valence-corrected chi connectivity index (χ4v) is 3.04. The van der Waals surface area contributed by atoms with Gasteiger partial charge in [-0.15, -0.1) is 0 Å². The molecule has 0 aliphatic carbocycles. The minimum Gasteiger partial charge on any atom is -0.335 e. The van der Waals surface area contributed by atoms with Crippen LogP contribution in [0, 0.1) is 6.92 Å². The summed E-state index contributed by atoms with van der Waals surface area (Å²) >= 11 is 0. The summed E-state index contributed by atoms with van der Waals surface area (Å²) in [5, 5.41) is 3.43. The SMILES string of the molecule is Cc1cc(CN2CC(S(=O)(=O)Cl)CC2=O)nn1C. The van der Waals surface area contributed by atoms with Crippen LogP contribution in [-0.2, 0) is 27.4 Å². The number of amides is 1. The van der Waals surface area contributed by atoms with Gasteiger partial charge in [-0.3, -0.25) is 9.48 Å². The van der Waals surface area contributed by atoms with Crippen LogP contribution in [0.25, 0.3) is 0 Å². The minimum atomic E-state index is -3.68. The zero-order chi connectivity index (χ0) is 13.5. The van der Waals surface area contributed by atoms with Gasteiger partial charge in [-0.05, 0) is 13.0 Å². The topological polar surface area (TPSA) is 72.3 Å². The molecule has 1 aliphatic heterocycles. The lowest BCUT2D eigenvalue weighted by molar-refractivity contribution is -0.128. The summed E-state index contributed by atoms with van der Waals surface area (Å²) in [5.41, 5.74) is 1.73.